The average Bonchev–Trinajstić information content (AvgIpc) is 2.96. The standard InChI is InChI=1S/C30H30ClF2IN6O2/c1-4-39-26-15-28(31)35-16-19(26)13-23(29(39)41)22-14-27(25(33)11-18(22)2)40(34)30(42)36-21-5-6-24(32)20(12-21)17-38-9-7-37(3)8-10-38/h5-6,11-16H,4,7-10,17H2,1-3H3,(H,36,42). The highest BCUT2D eigenvalue weighted by atomic mass is 127. The van der Waals surface area contributed by atoms with E-state index in [0.717, 1.165) is 29.3 Å². The van der Waals surface area contributed by atoms with Crippen molar-refractivity contribution in [2.45, 2.75) is 26.9 Å². The van der Waals surface area contributed by atoms with E-state index in [1.54, 1.807) is 58.8 Å². The molecule has 0 atom stereocenters. The Labute approximate surface area is 261 Å². The number of halogens is 4. The molecule has 12 heteroatoms. The number of urea groups is 1. The molecule has 220 valence electrons. The number of benzene rings is 2. The third-order valence-electron chi connectivity index (χ3n) is 7.52. The van der Waals surface area contributed by atoms with E-state index >= 15 is 4.39 Å². The summed E-state index contributed by atoms with van der Waals surface area (Å²) in [5, 5.41) is 3.72. The Bertz CT molecular complexity index is 1720. The maximum Gasteiger partial charge on any atom is 0.335 e. The molecule has 2 aromatic heterocycles. The van der Waals surface area contributed by atoms with E-state index in [1.807, 2.05) is 6.92 Å². The number of rotatable bonds is 6. The first kappa shape index (κ1) is 30.3. The predicted octanol–water partition coefficient (Wildman–Crippen LogP) is 6.46. The molecule has 1 aliphatic heterocycles. The second kappa shape index (κ2) is 12.6. The molecule has 0 aliphatic carbocycles. The van der Waals surface area contributed by atoms with Gasteiger partial charge in [0.25, 0.3) is 5.56 Å². The van der Waals surface area contributed by atoms with Crippen molar-refractivity contribution in [1.29, 1.82) is 0 Å². The maximum absolute atomic E-state index is 15.3. The van der Waals surface area contributed by atoms with Crippen LogP contribution < -0.4 is 14.0 Å². The zero-order valence-corrected chi connectivity index (χ0v) is 26.3. The van der Waals surface area contributed by atoms with Gasteiger partial charge in [0.15, 0.2) is 0 Å². The zero-order chi connectivity index (χ0) is 30.1. The van der Waals surface area contributed by atoms with E-state index < -0.39 is 11.8 Å². The van der Waals surface area contributed by atoms with Gasteiger partial charge in [-0.2, -0.15) is 0 Å². The molecule has 3 heterocycles. The third-order valence-corrected chi connectivity index (χ3v) is 8.69. The first-order chi connectivity index (χ1) is 20.0. The molecule has 1 N–H and O–H groups in total. The summed E-state index contributed by atoms with van der Waals surface area (Å²) in [7, 11) is 2.06. The summed E-state index contributed by atoms with van der Waals surface area (Å²) in [5.74, 6) is -0.973. The molecule has 1 saturated heterocycles. The lowest BCUT2D eigenvalue weighted by Gasteiger charge is -2.32. The number of hydrogen-bond acceptors (Lipinski definition) is 5. The van der Waals surface area contributed by atoms with Gasteiger partial charge < -0.3 is 14.8 Å². The summed E-state index contributed by atoms with van der Waals surface area (Å²) in [5.41, 5.74) is 2.60. The molecule has 1 aliphatic rings. The van der Waals surface area contributed by atoms with E-state index in [0.29, 0.717) is 51.9 Å². The summed E-state index contributed by atoms with van der Waals surface area (Å²) in [6.45, 7) is 7.85. The van der Waals surface area contributed by atoms with Gasteiger partial charge in [-0.05, 0) is 74.5 Å². The number of aryl methyl sites for hydroxylation is 2. The topological polar surface area (TPSA) is 73.7 Å². The lowest BCUT2D eigenvalue weighted by molar-refractivity contribution is 0.147. The second-order valence-electron chi connectivity index (χ2n) is 10.4. The molecule has 0 spiro atoms. The van der Waals surface area contributed by atoms with Crippen molar-refractivity contribution in [3.8, 4) is 11.1 Å². The van der Waals surface area contributed by atoms with Crippen molar-refractivity contribution in [2.24, 2.45) is 0 Å². The van der Waals surface area contributed by atoms with Crippen molar-refractivity contribution in [3.05, 3.63) is 86.9 Å². The van der Waals surface area contributed by atoms with E-state index in [1.165, 1.54) is 24.3 Å². The van der Waals surface area contributed by atoms with Gasteiger partial charge in [0, 0.05) is 67.7 Å². The Morgan fingerprint density at radius 1 is 1.07 bits per heavy atom. The highest BCUT2D eigenvalue weighted by Crippen LogP contribution is 2.33. The van der Waals surface area contributed by atoms with Gasteiger partial charge in [-0.15, -0.1) is 0 Å². The van der Waals surface area contributed by atoms with Crippen LogP contribution in [0.5, 0.6) is 0 Å². The summed E-state index contributed by atoms with van der Waals surface area (Å²) in [6, 6.07) is 9.92. The lowest BCUT2D eigenvalue weighted by Crippen LogP contribution is -2.44. The average molecular weight is 707 g/mol. The molecule has 2 amide bonds. The normalized spacial score (nSPS) is 14.4. The molecule has 0 bridgehead atoms. The molecule has 0 saturated carbocycles. The number of pyridine rings is 2. The molecule has 42 heavy (non-hydrogen) atoms. The minimum atomic E-state index is -0.624. The van der Waals surface area contributed by atoms with Crippen molar-refractivity contribution < 1.29 is 13.6 Å². The van der Waals surface area contributed by atoms with Gasteiger partial charge in [-0.3, -0.25) is 9.69 Å². The number of nitrogens with one attached hydrogen (secondary N) is 1. The quantitative estimate of drug-likeness (QED) is 0.142. The van der Waals surface area contributed by atoms with Crippen molar-refractivity contribution in [2.75, 3.05) is 41.7 Å². The number of fused-ring (bicyclic) bond motifs is 1. The van der Waals surface area contributed by atoms with Crippen LogP contribution in [0.1, 0.15) is 18.1 Å². The third kappa shape index (κ3) is 6.29. The van der Waals surface area contributed by atoms with Crippen molar-refractivity contribution >= 4 is 62.8 Å². The molecular weight excluding hydrogens is 677 g/mol. The number of carbonyl (C=O) groups excluding carboxylic acids is 1. The predicted molar refractivity (Wildman–Crippen MR) is 172 cm³/mol. The fourth-order valence-electron chi connectivity index (χ4n) is 5.16. The zero-order valence-electron chi connectivity index (χ0n) is 23.4. The summed E-state index contributed by atoms with van der Waals surface area (Å²) >= 11 is 7.80. The number of amides is 2. The van der Waals surface area contributed by atoms with Gasteiger partial charge >= 0.3 is 6.03 Å². The van der Waals surface area contributed by atoms with Crippen LogP contribution in [0.4, 0.5) is 25.0 Å². The minimum Gasteiger partial charge on any atom is -0.308 e. The molecule has 0 radical (unpaired) electrons. The van der Waals surface area contributed by atoms with Crippen molar-refractivity contribution in [3.63, 3.8) is 0 Å². The minimum absolute atomic E-state index is 0.0229. The van der Waals surface area contributed by atoms with Gasteiger partial charge in [0.1, 0.15) is 16.8 Å². The number of aromatic nitrogens is 2. The summed E-state index contributed by atoms with van der Waals surface area (Å²) in [4.78, 5) is 35.3. The monoisotopic (exact) mass is 706 g/mol. The molecular formula is C30H30ClF2IN6O2. The fourth-order valence-corrected chi connectivity index (χ4v) is 5.80. The summed E-state index contributed by atoms with van der Waals surface area (Å²) in [6.07, 6.45) is 1.59. The Hall–Kier alpha value is -3.13. The number of likely N-dealkylation sites (N-methyl/N-ethyl adjacent to an activating group) is 1. The van der Waals surface area contributed by atoms with Crippen LogP contribution in [-0.2, 0) is 13.1 Å². The van der Waals surface area contributed by atoms with E-state index in [-0.39, 0.29) is 22.2 Å². The van der Waals surface area contributed by atoms with Gasteiger partial charge in [0.05, 0.1) is 34.1 Å². The van der Waals surface area contributed by atoms with Gasteiger partial charge in [-0.25, -0.2) is 21.7 Å². The second-order valence-corrected chi connectivity index (χ2v) is 11.7. The van der Waals surface area contributed by atoms with Crippen LogP contribution in [0.2, 0.25) is 5.15 Å². The fraction of sp³-hybridized carbons (Fsp3) is 0.300. The first-order valence-electron chi connectivity index (χ1n) is 13.5. The molecule has 0 unspecified atom stereocenters. The smallest absolute Gasteiger partial charge is 0.308 e. The molecule has 8 nitrogen and oxygen atoms in total. The van der Waals surface area contributed by atoms with Gasteiger partial charge in [0.2, 0.25) is 0 Å². The summed E-state index contributed by atoms with van der Waals surface area (Å²) < 4.78 is 32.6. The van der Waals surface area contributed by atoms with E-state index in [9.17, 15) is 14.0 Å². The van der Waals surface area contributed by atoms with Crippen LogP contribution in [0.3, 0.4) is 0 Å². The van der Waals surface area contributed by atoms with Crippen LogP contribution in [0.25, 0.3) is 22.0 Å². The lowest BCUT2D eigenvalue weighted by atomic mass is 9.99. The van der Waals surface area contributed by atoms with Crippen LogP contribution >= 0.6 is 34.5 Å². The highest BCUT2D eigenvalue weighted by molar-refractivity contribution is 14.1. The van der Waals surface area contributed by atoms with Crippen LogP contribution in [-0.4, -0.2) is 58.6 Å². The van der Waals surface area contributed by atoms with E-state index in [2.05, 4.69) is 27.1 Å². The molecule has 1 fully saturated rings. The molecule has 5 rings (SSSR count). The number of anilines is 2. The SMILES string of the molecule is CCn1c(=O)c(-c2cc(N(I)C(=O)Nc3ccc(F)c(CN4CCN(C)CC4)c3)c(F)cc2C)cc2cnc(Cl)cc21. The molecule has 4 aromatic rings. The number of hydrogen-bond donors (Lipinski definition) is 1. The Kier molecular flexibility index (Phi) is 9.11. The Balaban J connectivity index is 1.43. The highest BCUT2D eigenvalue weighted by Gasteiger charge is 2.22. The Morgan fingerprint density at radius 3 is 2.52 bits per heavy atom. The first-order valence-corrected chi connectivity index (χ1v) is 14.9. The van der Waals surface area contributed by atoms with Crippen molar-refractivity contribution in [1.82, 2.24) is 19.4 Å². The Morgan fingerprint density at radius 2 is 1.81 bits per heavy atom. The number of carbonyl (C=O) groups is 1. The molecule has 2 aromatic carbocycles. The van der Waals surface area contributed by atoms with Crippen LogP contribution in [0, 0.1) is 18.6 Å². The van der Waals surface area contributed by atoms with Gasteiger partial charge in [-0.1, -0.05) is 11.6 Å². The van der Waals surface area contributed by atoms with Crippen LogP contribution in [0.15, 0.2) is 53.5 Å². The number of nitrogens with zero attached hydrogens (tertiary/aromatic N) is 5. The number of piperazine rings is 1. The van der Waals surface area contributed by atoms with E-state index in [4.69, 9.17) is 11.6 Å². The maximum atomic E-state index is 15.3. The largest absolute Gasteiger partial charge is 0.335 e.